The van der Waals surface area contributed by atoms with Crippen molar-refractivity contribution in [3.63, 3.8) is 0 Å². The predicted molar refractivity (Wildman–Crippen MR) is 71.0 cm³/mol. The van der Waals surface area contributed by atoms with E-state index in [0.717, 1.165) is 10.2 Å². The Morgan fingerprint density at radius 1 is 1.50 bits per heavy atom. The molecule has 1 atom stereocenters. The number of anilines is 1. The fourth-order valence-corrected chi connectivity index (χ4v) is 2.35. The maximum Gasteiger partial charge on any atom is 0.252 e. The molecule has 5 nitrogen and oxygen atoms in total. The number of amides is 2. The zero-order valence-corrected chi connectivity index (χ0v) is 11.8. The van der Waals surface area contributed by atoms with Gasteiger partial charge >= 0.3 is 0 Å². The summed E-state index contributed by atoms with van der Waals surface area (Å²) in [5, 5.41) is 3.08. The number of imide groups is 1. The fourth-order valence-electron chi connectivity index (χ4n) is 1.99. The number of hydrogen-bond acceptors (Lipinski definition) is 4. The van der Waals surface area contributed by atoms with Crippen LogP contribution in [-0.4, -0.2) is 33.8 Å². The monoisotopic (exact) mass is 311 g/mol. The maximum absolute atomic E-state index is 12.1. The van der Waals surface area contributed by atoms with Gasteiger partial charge in [-0.2, -0.15) is 0 Å². The number of aromatic nitrogens is 1. The van der Waals surface area contributed by atoms with Crippen molar-refractivity contribution in [2.24, 2.45) is 0 Å². The Hall–Kier alpha value is -1.43. The molecule has 96 valence electrons. The average Bonchev–Trinajstić information content (AvgIpc) is 2.57. The van der Waals surface area contributed by atoms with Gasteiger partial charge in [-0.3, -0.25) is 19.5 Å². The lowest BCUT2D eigenvalue weighted by Gasteiger charge is -2.19. The van der Waals surface area contributed by atoms with Crippen molar-refractivity contribution in [1.82, 2.24) is 9.88 Å². The van der Waals surface area contributed by atoms with Crippen molar-refractivity contribution in [2.45, 2.75) is 32.4 Å². The summed E-state index contributed by atoms with van der Waals surface area (Å²) in [6.45, 7) is 3.67. The van der Waals surface area contributed by atoms with Crippen LogP contribution in [0.3, 0.4) is 0 Å². The number of pyridine rings is 1. The highest BCUT2D eigenvalue weighted by Gasteiger charge is 2.39. The standard InChI is InChI=1S/C12H14BrN3O2/c1-7(2)16-11(17)5-10(12(16)18)15-9-3-4-14-6-8(9)13/h3-4,6-7,10H,5H2,1-2H3,(H,14,15). The molecule has 1 N–H and O–H groups in total. The van der Waals surface area contributed by atoms with Crippen LogP contribution in [0.2, 0.25) is 0 Å². The lowest BCUT2D eigenvalue weighted by molar-refractivity contribution is -0.140. The summed E-state index contributed by atoms with van der Waals surface area (Å²) < 4.78 is 0.772. The lowest BCUT2D eigenvalue weighted by Crippen LogP contribution is -2.39. The van der Waals surface area contributed by atoms with E-state index in [-0.39, 0.29) is 24.3 Å². The summed E-state index contributed by atoms with van der Waals surface area (Å²) in [5.74, 6) is -0.295. The van der Waals surface area contributed by atoms with Gasteiger partial charge in [-0.1, -0.05) is 0 Å². The molecule has 2 heterocycles. The molecule has 1 aliphatic rings. The number of hydrogen-bond donors (Lipinski definition) is 1. The quantitative estimate of drug-likeness (QED) is 0.865. The van der Waals surface area contributed by atoms with E-state index in [9.17, 15) is 9.59 Å². The van der Waals surface area contributed by atoms with Crippen LogP contribution in [0.25, 0.3) is 0 Å². The maximum atomic E-state index is 12.1. The molecule has 1 unspecified atom stereocenters. The normalized spacial score (nSPS) is 19.8. The molecule has 0 aliphatic carbocycles. The summed E-state index contributed by atoms with van der Waals surface area (Å²) in [6, 6.07) is 1.18. The summed E-state index contributed by atoms with van der Waals surface area (Å²) in [7, 11) is 0. The van der Waals surface area contributed by atoms with Gasteiger partial charge in [0.2, 0.25) is 5.91 Å². The molecular weight excluding hydrogens is 298 g/mol. The first-order valence-electron chi connectivity index (χ1n) is 5.72. The van der Waals surface area contributed by atoms with E-state index in [0.29, 0.717) is 0 Å². The smallest absolute Gasteiger partial charge is 0.252 e. The second-order valence-electron chi connectivity index (χ2n) is 4.45. The molecule has 2 amide bonds. The first-order chi connectivity index (χ1) is 8.50. The Bertz CT molecular complexity index is 490. The first-order valence-corrected chi connectivity index (χ1v) is 6.52. The minimum absolute atomic E-state index is 0.0994. The molecular formula is C12H14BrN3O2. The minimum Gasteiger partial charge on any atom is -0.372 e. The van der Waals surface area contributed by atoms with Crippen molar-refractivity contribution < 1.29 is 9.59 Å². The second kappa shape index (κ2) is 5.06. The Labute approximate surface area is 114 Å². The number of nitrogens with one attached hydrogen (secondary N) is 1. The van der Waals surface area contributed by atoms with Crippen LogP contribution in [0, 0.1) is 0 Å². The summed E-state index contributed by atoms with van der Waals surface area (Å²) in [5.41, 5.74) is 0.766. The molecule has 1 aromatic rings. The van der Waals surface area contributed by atoms with Gasteiger partial charge in [-0.15, -0.1) is 0 Å². The molecule has 1 saturated heterocycles. The van der Waals surface area contributed by atoms with E-state index in [4.69, 9.17) is 0 Å². The first kappa shape index (κ1) is 13.0. The third-order valence-corrected chi connectivity index (χ3v) is 3.43. The van der Waals surface area contributed by atoms with Gasteiger partial charge < -0.3 is 5.32 Å². The highest BCUT2D eigenvalue weighted by atomic mass is 79.9. The van der Waals surface area contributed by atoms with Crippen LogP contribution in [-0.2, 0) is 9.59 Å². The predicted octanol–water partition coefficient (Wildman–Crippen LogP) is 1.79. The van der Waals surface area contributed by atoms with E-state index in [1.54, 1.807) is 18.5 Å². The van der Waals surface area contributed by atoms with Crippen molar-refractivity contribution in [3.05, 3.63) is 22.9 Å². The largest absolute Gasteiger partial charge is 0.372 e. The van der Waals surface area contributed by atoms with Crippen LogP contribution < -0.4 is 5.32 Å². The van der Waals surface area contributed by atoms with Crippen LogP contribution >= 0.6 is 15.9 Å². The van der Waals surface area contributed by atoms with Crippen LogP contribution in [0.4, 0.5) is 5.69 Å². The topological polar surface area (TPSA) is 62.3 Å². The third-order valence-electron chi connectivity index (χ3n) is 2.80. The number of carbonyl (C=O) groups is 2. The molecule has 1 aromatic heterocycles. The van der Waals surface area contributed by atoms with Gasteiger partial charge in [0.25, 0.3) is 5.91 Å². The third kappa shape index (κ3) is 2.38. The Balaban J connectivity index is 2.15. The Morgan fingerprint density at radius 3 is 2.78 bits per heavy atom. The summed E-state index contributed by atoms with van der Waals surface area (Å²) in [4.78, 5) is 29.1. The second-order valence-corrected chi connectivity index (χ2v) is 5.31. The van der Waals surface area contributed by atoms with E-state index in [1.807, 2.05) is 13.8 Å². The van der Waals surface area contributed by atoms with Crippen molar-refractivity contribution in [1.29, 1.82) is 0 Å². The molecule has 0 radical (unpaired) electrons. The highest BCUT2D eigenvalue weighted by molar-refractivity contribution is 9.10. The van der Waals surface area contributed by atoms with Crippen molar-refractivity contribution >= 4 is 33.4 Å². The number of carbonyl (C=O) groups excluding carboxylic acids is 2. The van der Waals surface area contributed by atoms with E-state index < -0.39 is 6.04 Å². The van der Waals surface area contributed by atoms with E-state index >= 15 is 0 Å². The molecule has 0 bridgehead atoms. The number of rotatable bonds is 3. The summed E-state index contributed by atoms with van der Waals surface area (Å²) >= 11 is 3.35. The minimum atomic E-state index is -0.487. The molecule has 1 aliphatic heterocycles. The zero-order valence-electron chi connectivity index (χ0n) is 10.2. The molecule has 2 rings (SSSR count). The van der Waals surface area contributed by atoms with E-state index in [2.05, 4.69) is 26.2 Å². The number of nitrogens with zero attached hydrogens (tertiary/aromatic N) is 2. The highest BCUT2D eigenvalue weighted by Crippen LogP contribution is 2.25. The van der Waals surface area contributed by atoms with Crippen LogP contribution in [0.1, 0.15) is 20.3 Å². The number of halogens is 1. The van der Waals surface area contributed by atoms with Gasteiger partial charge in [0, 0.05) is 18.4 Å². The van der Waals surface area contributed by atoms with Crippen molar-refractivity contribution in [3.8, 4) is 0 Å². The molecule has 0 spiro atoms. The van der Waals surface area contributed by atoms with Gasteiger partial charge in [-0.05, 0) is 35.8 Å². The average molecular weight is 312 g/mol. The molecule has 6 heteroatoms. The van der Waals surface area contributed by atoms with Gasteiger partial charge in [0.15, 0.2) is 0 Å². The van der Waals surface area contributed by atoms with Crippen molar-refractivity contribution in [2.75, 3.05) is 5.32 Å². The number of likely N-dealkylation sites (tertiary alicyclic amines) is 1. The molecule has 1 fully saturated rings. The molecule has 18 heavy (non-hydrogen) atoms. The van der Waals surface area contributed by atoms with E-state index in [1.165, 1.54) is 4.90 Å². The van der Waals surface area contributed by atoms with Gasteiger partial charge in [0.05, 0.1) is 16.6 Å². The summed E-state index contributed by atoms with van der Waals surface area (Å²) in [6.07, 6.45) is 3.48. The van der Waals surface area contributed by atoms with Crippen LogP contribution in [0.15, 0.2) is 22.9 Å². The molecule has 0 saturated carbocycles. The SMILES string of the molecule is CC(C)N1C(=O)CC(Nc2ccncc2Br)C1=O. The fraction of sp³-hybridized carbons (Fsp3) is 0.417. The Morgan fingerprint density at radius 2 is 2.22 bits per heavy atom. The van der Waals surface area contributed by atoms with Gasteiger partial charge in [-0.25, -0.2) is 0 Å². The Kier molecular flexibility index (Phi) is 3.65. The molecule has 0 aromatic carbocycles. The zero-order chi connectivity index (χ0) is 13.3. The van der Waals surface area contributed by atoms with Crippen LogP contribution in [0.5, 0.6) is 0 Å². The lowest BCUT2D eigenvalue weighted by atomic mass is 10.2. The van der Waals surface area contributed by atoms with Gasteiger partial charge in [0.1, 0.15) is 6.04 Å².